The van der Waals surface area contributed by atoms with Gasteiger partial charge >= 0.3 is 0 Å². The Morgan fingerprint density at radius 1 is 1.03 bits per heavy atom. The van der Waals surface area contributed by atoms with Gasteiger partial charge in [0, 0.05) is 11.1 Å². The van der Waals surface area contributed by atoms with Crippen LogP contribution < -0.4 is 9.47 Å². The second kappa shape index (κ2) is 10.0. The van der Waals surface area contributed by atoms with Crippen molar-refractivity contribution in [1.82, 2.24) is 14.9 Å². The number of H-pyrrole nitrogens is 1. The molecular weight excluding hydrogens is 427 g/mol. The van der Waals surface area contributed by atoms with Crippen LogP contribution in [0.1, 0.15) is 18.1 Å². The standard InChI is InChI=1S/C24H21FN4O2S/c1-2-30-22-14-17(12-13-21(22)31-16-19-10-6-7-11-20(19)25)15-26-29-23(27-28-24(29)32)18-8-4-3-5-9-18/h3-15H,2,16H2,1H3,(H,28,32)/b26-15-. The Balaban J connectivity index is 1.57. The molecule has 1 aromatic heterocycles. The fourth-order valence-corrected chi connectivity index (χ4v) is 3.24. The van der Waals surface area contributed by atoms with Crippen LogP contribution in [0.4, 0.5) is 4.39 Å². The van der Waals surface area contributed by atoms with Crippen LogP contribution in [0.15, 0.2) is 77.9 Å². The van der Waals surface area contributed by atoms with Crippen molar-refractivity contribution in [3.8, 4) is 22.9 Å². The van der Waals surface area contributed by atoms with Gasteiger partial charge in [-0.2, -0.15) is 14.9 Å². The number of ether oxygens (including phenoxy) is 2. The highest BCUT2D eigenvalue weighted by molar-refractivity contribution is 7.71. The van der Waals surface area contributed by atoms with E-state index in [0.29, 0.717) is 34.3 Å². The number of benzene rings is 3. The predicted octanol–water partition coefficient (Wildman–Crippen LogP) is 5.61. The molecule has 32 heavy (non-hydrogen) atoms. The molecule has 1 N–H and O–H groups in total. The zero-order valence-corrected chi connectivity index (χ0v) is 18.2. The predicted molar refractivity (Wildman–Crippen MR) is 124 cm³/mol. The van der Waals surface area contributed by atoms with E-state index in [0.717, 1.165) is 11.1 Å². The van der Waals surface area contributed by atoms with Gasteiger partial charge in [0.15, 0.2) is 17.3 Å². The van der Waals surface area contributed by atoms with Crippen molar-refractivity contribution in [1.29, 1.82) is 0 Å². The van der Waals surface area contributed by atoms with Crippen molar-refractivity contribution in [3.05, 3.63) is 94.5 Å². The molecule has 0 bridgehead atoms. The minimum atomic E-state index is -0.305. The van der Waals surface area contributed by atoms with E-state index in [1.807, 2.05) is 49.4 Å². The summed E-state index contributed by atoms with van der Waals surface area (Å²) in [4.78, 5) is 0. The molecule has 0 aliphatic rings. The smallest absolute Gasteiger partial charge is 0.216 e. The molecule has 0 saturated heterocycles. The zero-order valence-electron chi connectivity index (χ0n) is 17.4. The van der Waals surface area contributed by atoms with Gasteiger partial charge in [-0.1, -0.05) is 48.5 Å². The van der Waals surface area contributed by atoms with E-state index < -0.39 is 0 Å². The van der Waals surface area contributed by atoms with Gasteiger partial charge in [-0.05, 0) is 49.0 Å². The molecule has 0 amide bonds. The third kappa shape index (κ3) is 4.92. The van der Waals surface area contributed by atoms with Crippen LogP contribution in [0, 0.1) is 10.6 Å². The van der Waals surface area contributed by atoms with E-state index in [-0.39, 0.29) is 12.4 Å². The highest BCUT2D eigenvalue weighted by Gasteiger charge is 2.10. The average Bonchev–Trinajstić information content (AvgIpc) is 3.19. The average molecular weight is 449 g/mol. The Morgan fingerprint density at radius 3 is 2.59 bits per heavy atom. The Labute approximate surface area is 190 Å². The number of aromatic amines is 1. The Bertz CT molecular complexity index is 1280. The number of halogens is 1. The molecule has 4 rings (SSSR count). The maximum Gasteiger partial charge on any atom is 0.216 e. The normalized spacial score (nSPS) is 11.1. The van der Waals surface area contributed by atoms with Crippen LogP contribution in [-0.2, 0) is 6.61 Å². The minimum absolute atomic E-state index is 0.102. The molecule has 0 saturated carbocycles. The quantitative estimate of drug-likeness (QED) is 0.281. The molecule has 0 unspecified atom stereocenters. The van der Waals surface area contributed by atoms with Crippen LogP contribution in [-0.4, -0.2) is 27.7 Å². The molecular formula is C24H21FN4O2S. The Hall–Kier alpha value is -3.78. The van der Waals surface area contributed by atoms with Crippen molar-refractivity contribution >= 4 is 18.4 Å². The third-order valence-electron chi connectivity index (χ3n) is 4.61. The van der Waals surface area contributed by atoms with E-state index in [2.05, 4.69) is 15.3 Å². The molecule has 6 nitrogen and oxygen atoms in total. The van der Waals surface area contributed by atoms with Gasteiger partial charge in [-0.3, -0.25) is 0 Å². The van der Waals surface area contributed by atoms with Gasteiger partial charge < -0.3 is 9.47 Å². The van der Waals surface area contributed by atoms with Crippen molar-refractivity contribution in [2.75, 3.05) is 6.61 Å². The lowest BCUT2D eigenvalue weighted by Gasteiger charge is -2.13. The molecule has 0 spiro atoms. The van der Waals surface area contributed by atoms with Gasteiger partial charge in [0.1, 0.15) is 12.4 Å². The topological polar surface area (TPSA) is 64.4 Å². The van der Waals surface area contributed by atoms with Gasteiger partial charge in [-0.25, -0.2) is 9.49 Å². The summed E-state index contributed by atoms with van der Waals surface area (Å²) < 4.78 is 27.4. The van der Waals surface area contributed by atoms with Crippen LogP contribution in [0.2, 0.25) is 0 Å². The first-order valence-electron chi connectivity index (χ1n) is 10.1. The van der Waals surface area contributed by atoms with Crippen LogP contribution in [0.5, 0.6) is 11.5 Å². The summed E-state index contributed by atoms with van der Waals surface area (Å²) in [7, 11) is 0. The third-order valence-corrected chi connectivity index (χ3v) is 4.88. The number of aromatic nitrogens is 3. The summed E-state index contributed by atoms with van der Waals surface area (Å²) in [6.45, 7) is 2.45. The summed E-state index contributed by atoms with van der Waals surface area (Å²) in [5.74, 6) is 1.38. The lowest BCUT2D eigenvalue weighted by atomic mass is 10.2. The highest BCUT2D eigenvalue weighted by Crippen LogP contribution is 2.29. The van der Waals surface area contributed by atoms with Crippen LogP contribution in [0.3, 0.4) is 0 Å². The van der Waals surface area contributed by atoms with Crippen molar-refractivity contribution in [2.45, 2.75) is 13.5 Å². The molecule has 3 aromatic carbocycles. The second-order valence-electron chi connectivity index (χ2n) is 6.79. The number of hydrogen-bond acceptors (Lipinski definition) is 5. The maximum atomic E-state index is 13.9. The molecule has 0 fully saturated rings. The summed E-state index contributed by atoms with van der Waals surface area (Å²) >= 11 is 5.32. The first-order valence-corrected chi connectivity index (χ1v) is 10.5. The van der Waals surface area contributed by atoms with E-state index in [9.17, 15) is 4.39 Å². The second-order valence-corrected chi connectivity index (χ2v) is 7.18. The zero-order chi connectivity index (χ0) is 22.3. The fraction of sp³-hybridized carbons (Fsp3) is 0.125. The first-order chi connectivity index (χ1) is 15.7. The SMILES string of the molecule is CCOc1cc(/C=N\n2c(-c3ccccc3)n[nH]c2=S)ccc1OCc1ccccc1F. The minimum Gasteiger partial charge on any atom is -0.490 e. The molecule has 0 aliphatic carbocycles. The molecule has 8 heteroatoms. The Kier molecular flexibility index (Phi) is 6.72. The summed E-state index contributed by atoms with van der Waals surface area (Å²) in [5, 5.41) is 11.5. The largest absolute Gasteiger partial charge is 0.490 e. The molecule has 0 atom stereocenters. The van der Waals surface area contributed by atoms with E-state index >= 15 is 0 Å². The maximum absolute atomic E-state index is 13.9. The van der Waals surface area contributed by atoms with E-state index in [4.69, 9.17) is 21.7 Å². The highest BCUT2D eigenvalue weighted by atomic mass is 32.1. The number of rotatable bonds is 8. The Morgan fingerprint density at radius 2 is 1.81 bits per heavy atom. The van der Waals surface area contributed by atoms with Gasteiger partial charge in [0.2, 0.25) is 4.77 Å². The van der Waals surface area contributed by atoms with Gasteiger partial charge in [-0.15, -0.1) is 0 Å². The molecule has 0 aliphatic heterocycles. The number of hydrogen-bond donors (Lipinski definition) is 1. The lowest BCUT2D eigenvalue weighted by molar-refractivity contribution is 0.266. The fourth-order valence-electron chi connectivity index (χ4n) is 3.06. The van der Waals surface area contributed by atoms with Gasteiger partial charge in [0.25, 0.3) is 0 Å². The summed E-state index contributed by atoms with van der Waals surface area (Å²) in [6, 6.07) is 21.6. The molecule has 0 radical (unpaired) electrons. The van der Waals surface area contributed by atoms with Crippen molar-refractivity contribution < 1.29 is 13.9 Å². The van der Waals surface area contributed by atoms with Crippen LogP contribution >= 0.6 is 12.2 Å². The molecule has 1 heterocycles. The molecule has 4 aromatic rings. The monoisotopic (exact) mass is 448 g/mol. The summed E-state index contributed by atoms with van der Waals surface area (Å²) in [6.07, 6.45) is 1.67. The van der Waals surface area contributed by atoms with Crippen LogP contribution in [0.25, 0.3) is 11.4 Å². The number of nitrogens with zero attached hydrogens (tertiary/aromatic N) is 3. The van der Waals surface area contributed by atoms with Crippen molar-refractivity contribution in [3.63, 3.8) is 0 Å². The number of nitrogens with one attached hydrogen (secondary N) is 1. The first kappa shape index (κ1) is 21.5. The summed E-state index contributed by atoms with van der Waals surface area (Å²) in [5.41, 5.74) is 2.15. The van der Waals surface area contributed by atoms with Gasteiger partial charge in [0.05, 0.1) is 12.8 Å². The lowest BCUT2D eigenvalue weighted by Crippen LogP contribution is -2.02. The van der Waals surface area contributed by atoms with E-state index in [1.165, 1.54) is 6.07 Å². The van der Waals surface area contributed by atoms with E-state index in [1.54, 1.807) is 35.2 Å². The molecule has 162 valence electrons. The van der Waals surface area contributed by atoms with Crippen molar-refractivity contribution in [2.24, 2.45) is 5.10 Å².